The number of hydrogen-bond donors (Lipinski definition) is 0. The van der Waals surface area contributed by atoms with Crippen molar-refractivity contribution in [2.75, 3.05) is 26.4 Å². The van der Waals surface area contributed by atoms with Gasteiger partial charge in [-0.2, -0.15) is 0 Å². The minimum atomic E-state index is 0.644. The number of benzene rings is 5. The van der Waals surface area contributed by atoms with Crippen molar-refractivity contribution in [2.45, 2.75) is 86.0 Å². The zero-order chi connectivity index (χ0) is 35.6. The maximum absolute atomic E-state index is 6.82. The van der Waals surface area contributed by atoms with Crippen LogP contribution in [0, 0.1) is 6.92 Å². The molecule has 6 rings (SSSR count). The monoisotopic (exact) mass is 682 g/mol. The molecule has 8 bridgehead atoms. The van der Waals surface area contributed by atoms with Gasteiger partial charge >= 0.3 is 0 Å². The van der Waals surface area contributed by atoms with Crippen molar-refractivity contribution in [3.8, 4) is 34.1 Å². The van der Waals surface area contributed by atoms with E-state index in [0.29, 0.717) is 45.7 Å². The fourth-order valence-corrected chi connectivity index (χ4v) is 7.10. The average molecular weight is 683 g/mol. The van der Waals surface area contributed by atoms with Crippen LogP contribution in [-0.2, 0) is 25.7 Å². The molecule has 0 spiro atoms. The van der Waals surface area contributed by atoms with Gasteiger partial charge in [0.05, 0.1) is 26.4 Å². The number of fused-ring (bicyclic) bond motifs is 8. The first kappa shape index (κ1) is 36.1. The molecule has 0 saturated carbocycles. The summed E-state index contributed by atoms with van der Waals surface area (Å²) in [5, 5.41) is 0. The zero-order valence-electron chi connectivity index (χ0n) is 31.3. The predicted octanol–water partition coefficient (Wildman–Crippen LogP) is 11.5. The molecular weight excluding hydrogens is 629 g/mol. The van der Waals surface area contributed by atoms with E-state index in [2.05, 4.69) is 126 Å². The maximum Gasteiger partial charge on any atom is 0.126 e. The Morgan fingerprint density at radius 3 is 1.14 bits per heavy atom. The second-order valence-corrected chi connectivity index (χ2v) is 13.8. The van der Waals surface area contributed by atoms with Gasteiger partial charge in [0.1, 0.15) is 23.0 Å². The summed E-state index contributed by atoms with van der Waals surface area (Å²) >= 11 is 0. The molecule has 266 valence electrons. The molecule has 0 fully saturated rings. The topological polar surface area (TPSA) is 36.9 Å². The minimum absolute atomic E-state index is 0.644. The van der Waals surface area contributed by atoms with E-state index in [1.54, 1.807) is 0 Å². The molecule has 51 heavy (non-hydrogen) atoms. The highest BCUT2D eigenvalue weighted by Crippen LogP contribution is 2.42. The Labute approximate surface area is 305 Å². The molecule has 0 saturated heterocycles. The Balaban J connectivity index is 1.64. The van der Waals surface area contributed by atoms with Gasteiger partial charge < -0.3 is 18.9 Å². The quantitative estimate of drug-likeness (QED) is 0.121. The van der Waals surface area contributed by atoms with Crippen LogP contribution in [0.4, 0.5) is 0 Å². The van der Waals surface area contributed by atoms with E-state index in [1.165, 1.54) is 61.2 Å². The van der Waals surface area contributed by atoms with Gasteiger partial charge in [0, 0.05) is 31.2 Å². The van der Waals surface area contributed by atoms with Crippen LogP contribution in [0.15, 0.2) is 91.0 Å². The van der Waals surface area contributed by atoms with Gasteiger partial charge in [-0.15, -0.1) is 0 Å². The minimum Gasteiger partial charge on any atom is -0.493 e. The van der Waals surface area contributed by atoms with Gasteiger partial charge in [-0.3, -0.25) is 0 Å². The first-order valence-corrected chi connectivity index (χ1v) is 19.1. The summed E-state index contributed by atoms with van der Waals surface area (Å²) in [5.74, 6) is 3.90. The molecule has 1 aliphatic rings. The van der Waals surface area contributed by atoms with Crippen LogP contribution in [0.3, 0.4) is 0 Å². The summed E-state index contributed by atoms with van der Waals surface area (Å²) < 4.78 is 26.8. The van der Waals surface area contributed by atoms with Crippen LogP contribution in [0.2, 0.25) is 0 Å². The van der Waals surface area contributed by atoms with Gasteiger partial charge in [0.15, 0.2) is 0 Å². The molecule has 5 aromatic carbocycles. The molecule has 0 unspecified atom stereocenters. The van der Waals surface area contributed by atoms with Gasteiger partial charge in [-0.25, -0.2) is 0 Å². The van der Waals surface area contributed by atoms with Crippen LogP contribution in [0.5, 0.6) is 23.0 Å². The molecule has 0 radical (unpaired) electrons. The van der Waals surface area contributed by atoms with Gasteiger partial charge in [-0.1, -0.05) is 124 Å². The lowest BCUT2D eigenvalue weighted by Gasteiger charge is -2.24. The Morgan fingerprint density at radius 1 is 0.392 bits per heavy atom. The van der Waals surface area contributed by atoms with Crippen LogP contribution in [-0.4, -0.2) is 26.4 Å². The summed E-state index contributed by atoms with van der Waals surface area (Å²) in [7, 11) is 0. The van der Waals surface area contributed by atoms with Gasteiger partial charge in [0.2, 0.25) is 0 Å². The van der Waals surface area contributed by atoms with Crippen molar-refractivity contribution in [1.29, 1.82) is 0 Å². The SMILES string of the molecule is CCCOc1c2cccc1Cc1cccc(c1OCCC)Cc1c(-c3ccc(C)cc3)ccc(c1OCCC)Cc1cccc(c1OCCC)C2. The molecule has 4 heteroatoms. The first-order chi connectivity index (χ1) is 25.0. The normalized spacial score (nSPS) is 12.3. The lowest BCUT2D eigenvalue weighted by molar-refractivity contribution is 0.305. The van der Waals surface area contributed by atoms with Crippen LogP contribution in [0.1, 0.15) is 103 Å². The van der Waals surface area contributed by atoms with Crippen LogP contribution < -0.4 is 18.9 Å². The number of aryl methyl sites for hydroxylation is 1. The van der Waals surface area contributed by atoms with E-state index < -0.39 is 0 Å². The molecule has 0 aliphatic heterocycles. The number of hydrogen-bond acceptors (Lipinski definition) is 4. The third kappa shape index (κ3) is 8.44. The van der Waals surface area contributed by atoms with E-state index in [1.807, 2.05) is 0 Å². The third-order valence-electron chi connectivity index (χ3n) is 9.55. The number of para-hydroxylation sites is 3. The number of ether oxygens (including phenoxy) is 4. The van der Waals surface area contributed by atoms with E-state index in [4.69, 9.17) is 18.9 Å². The lowest BCUT2D eigenvalue weighted by atomic mass is 9.88. The molecule has 1 aliphatic carbocycles. The molecule has 5 aromatic rings. The zero-order valence-corrected chi connectivity index (χ0v) is 31.3. The summed E-state index contributed by atoms with van der Waals surface area (Å²) in [5.41, 5.74) is 13.0. The second-order valence-electron chi connectivity index (χ2n) is 13.8. The van der Waals surface area contributed by atoms with E-state index in [-0.39, 0.29) is 0 Å². The molecule has 0 aromatic heterocycles. The fraction of sp³-hybridized carbons (Fsp3) is 0.362. The Morgan fingerprint density at radius 2 is 0.745 bits per heavy atom. The first-order valence-electron chi connectivity index (χ1n) is 19.1. The highest BCUT2D eigenvalue weighted by atomic mass is 16.5. The largest absolute Gasteiger partial charge is 0.493 e. The highest BCUT2D eigenvalue weighted by Gasteiger charge is 2.23. The number of rotatable bonds is 13. The second kappa shape index (κ2) is 17.5. The smallest absolute Gasteiger partial charge is 0.126 e. The average Bonchev–Trinajstić information content (AvgIpc) is 3.14. The van der Waals surface area contributed by atoms with Gasteiger partial charge in [-0.05, 0) is 82.7 Å². The van der Waals surface area contributed by atoms with E-state index in [9.17, 15) is 0 Å². The predicted molar refractivity (Wildman–Crippen MR) is 210 cm³/mol. The molecule has 0 heterocycles. The van der Waals surface area contributed by atoms with Crippen molar-refractivity contribution in [3.05, 3.63) is 141 Å². The Kier molecular flexibility index (Phi) is 12.4. The molecule has 0 atom stereocenters. The van der Waals surface area contributed by atoms with Crippen molar-refractivity contribution >= 4 is 0 Å². The summed E-state index contributed by atoms with van der Waals surface area (Å²) in [6.07, 6.45) is 6.55. The van der Waals surface area contributed by atoms with E-state index in [0.717, 1.165) is 55.1 Å². The van der Waals surface area contributed by atoms with Crippen molar-refractivity contribution in [2.24, 2.45) is 0 Å². The van der Waals surface area contributed by atoms with E-state index >= 15 is 0 Å². The lowest BCUT2D eigenvalue weighted by Crippen LogP contribution is -2.10. The maximum atomic E-state index is 6.82. The fourth-order valence-electron chi connectivity index (χ4n) is 7.10. The Hall–Kier alpha value is -4.70. The summed E-state index contributed by atoms with van der Waals surface area (Å²) in [6, 6.07) is 33.3. The van der Waals surface area contributed by atoms with Crippen LogP contribution >= 0.6 is 0 Å². The molecular formula is C47H54O4. The van der Waals surface area contributed by atoms with Gasteiger partial charge in [0.25, 0.3) is 0 Å². The highest BCUT2D eigenvalue weighted by molar-refractivity contribution is 5.73. The summed E-state index contributed by atoms with van der Waals surface area (Å²) in [6.45, 7) is 13.4. The van der Waals surface area contributed by atoms with Crippen LogP contribution in [0.25, 0.3) is 11.1 Å². The molecule has 4 nitrogen and oxygen atoms in total. The summed E-state index contributed by atoms with van der Waals surface area (Å²) in [4.78, 5) is 0. The standard InChI is InChI=1S/C47H54O4/c1-6-25-48-44-35-13-10-14-37(44)30-38-17-12-18-40(46(38)50-27-8-3)32-43-42(34-21-19-33(5)20-22-34)24-23-41(47(43)51-28-9-4)31-39-16-11-15-36(29-35)45(39)49-26-7-2/h10-24H,6-9,25-32H2,1-5H3. The Bertz CT molecular complexity index is 1900. The third-order valence-corrected chi connectivity index (χ3v) is 9.55. The van der Waals surface area contributed by atoms with Crippen molar-refractivity contribution in [1.82, 2.24) is 0 Å². The molecule has 0 amide bonds. The molecule has 0 N–H and O–H groups in total. The van der Waals surface area contributed by atoms with Crippen molar-refractivity contribution in [3.63, 3.8) is 0 Å². The van der Waals surface area contributed by atoms with Crippen molar-refractivity contribution < 1.29 is 18.9 Å².